The highest BCUT2D eigenvalue weighted by molar-refractivity contribution is 5.76. The molecule has 0 rings (SSSR count). The number of hydrogen-bond acceptors (Lipinski definition) is 5. The van der Waals surface area contributed by atoms with E-state index in [0.717, 1.165) is 38.5 Å². The largest absolute Gasteiger partial charge is 0.466 e. The molecule has 6 heteroatoms. The van der Waals surface area contributed by atoms with Crippen LogP contribution in [0.3, 0.4) is 0 Å². The van der Waals surface area contributed by atoms with Crippen LogP contribution in [0.5, 0.6) is 0 Å². The lowest BCUT2D eigenvalue weighted by Crippen LogP contribution is -2.45. The average molecular weight is 989 g/mol. The molecule has 0 saturated carbocycles. The first-order valence-corrected chi connectivity index (χ1v) is 31.9. The molecule has 1 amide bonds. The van der Waals surface area contributed by atoms with Crippen LogP contribution in [-0.2, 0) is 14.3 Å². The highest BCUT2D eigenvalue weighted by Gasteiger charge is 2.20. The molecule has 0 saturated heterocycles. The third-order valence-electron chi connectivity index (χ3n) is 15.1. The van der Waals surface area contributed by atoms with Gasteiger partial charge in [-0.2, -0.15) is 0 Å². The molecule has 0 heterocycles. The summed E-state index contributed by atoms with van der Waals surface area (Å²) in [4.78, 5) is 24.5. The number of nitrogens with one attached hydrogen (secondary N) is 1. The van der Waals surface area contributed by atoms with E-state index in [9.17, 15) is 19.8 Å². The van der Waals surface area contributed by atoms with Crippen LogP contribution in [0, 0.1) is 0 Å². The molecule has 0 fully saturated rings. The maximum Gasteiger partial charge on any atom is 0.305 e. The third-order valence-corrected chi connectivity index (χ3v) is 15.1. The Labute approximate surface area is 438 Å². The minimum Gasteiger partial charge on any atom is -0.466 e. The second-order valence-corrected chi connectivity index (χ2v) is 22.1. The van der Waals surface area contributed by atoms with Crippen LogP contribution in [-0.4, -0.2) is 47.4 Å². The Balaban J connectivity index is 3.42. The predicted molar refractivity (Wildman–Crippen MR) is 306 cm³/mol. The molecular formula is C64H125NO5. The summed E-state index contributed by atoms with van der Waals surface area (Å²) in [5, 5.41) is 23.4. The average Bonchev–Trinajstić information content (AvgIpc) is 3.36. The molecular weight excluding hydrogens is 863 g/mol. The van der Waals surface area contributed by atoms with Crippen LogP contribution in [0.15, 0.2) is 12.2 Å². The van der Waals surface area contributed by atoms with Crippen molar-refractivity contribution in [2.45, 2.75) is 373 Å². The molecule has 2 atom stereocenters. The quantitative estimate of drug-likeness (QED) is 0.0321. The molecule has 0 aliphatic heterocycles. The number of amides is 1. The SMILES string of the molecule is CCCCCCCCCCCCCCCCCCCCCCC(O)C(CO)NC(=O)CCCCCCCCC/C=C\CCCCCCCCCCCCCOC(=O)CCCCCCCCCCCCC. The van der Waals surface area contributed by atoms with Crippen molar-refractivity contribution in [3.05, 3.63) is 12.2 Å². The minimum absolute atomic E-state index is 0.0105. The molecule has 0 aromatic rings. The number of allylic oxidation sites excluding steroid dienone is 2. The molecule has 2 unspecified atom stereocenters. The van der Waals surface area contributed by atoms with Crippen molar-refractivity contribution >= 4 is 11.9 Å². The molecule has 0 aliphatic carbocycles. The summed E-state index contributed by atoms with van der Waals surface area (Å²) in [5.74, 6) is -0.0276. The fraction of sp³-hybridized carbons (Fsp3) is 0.938. The predicted octanol–water partition coefficient (Wildman–Crippen LogP) is 20.0. The Bertz CT molecular complexity index is 1050. The standard InChI is InChI=1S/C64H125NO5/c1-3-5-7-9-11-13-15-16-17-18-19-24-27-30-33-37-40-44-48-52-56-62(67)61(60-66)65-63(68)57-53-49-45-41-38-34-31-28-25-22-20-21-23-26-29-32-35-39-43-47-51-55-59-70-64(69)58-54-50-46-42-36-14-12-10-8-6-4-2/h22,25,61-62,66-67H,3-21,23-24,26-60H2,1-2H3,(H,65,68)/b25-22-. The summed E-state index contributed by atoms with van der Waals surface area (Å²) >= 11 is 0. The lowest BCUT2D eigenvalue weighted by Gasteiger charge is -2.22. The van der Waals surface area contributed by atoms with Gasteiger partial charge in [0.25, 0.3) is 0 Å². The highest BCUT2D eigenvalue weighted by Crippen LogP contribution is 2.18. The minimum atomic E-state index is -0.669. The number of aliphatic hydroxyl groups excluding tert-OH is 2. The molecule has 70 heavy (non-hydrogen) atoms. The number of rotatable bonds is 60. The van der Waals surface area contributed by atoms with Gasteiger partial charge in [0.1, 0.15) is 0 Å². The van der Waals surface area contributed by atoms with Crippen molar-refractivity contribution in [3.63, 3.8) is 0 Å². The van der Waals surface area contributed by atoms with Crippen molar-refractivity contribution in [3.8, 4) is 0 Å². The number of ether oxygens (including phenoxy) is 1. The Morgan fingerprint density at radius 1 is 0.386 bits per heavy atom. The van der Waals surface area contributed by atoms with Crippen molar-refractivity contribution in [2.24, 2.45) is 0 Å². The lowest BCUT2D eigenvalue weighted by atomic mass is 10.0. The summed E-state index contributed by atoms with van der Waals surface area (Å²) in [6.45, 7) is 4.97. The van der Waals surface area contributed by atoms with E-state index in [1.54, 1.807) is 0 Å². The van der Waals surface area contributed by atoms with Crippen molar-refractivity contribution in [2.75, 3.05) is 13.2 Å². The number of aliphatic hydroxyl groups is 2. The first-order chi connectivity index (χ1) is 34.5. The molecule has 416 valence electrons. The van der Waals surface area contributed by atoms with Gasteiger partial charge >= 0.3 is 5.97 Å². The molecule has 0 bridgehead atoms. The molecule has 6 nitrogen and oxygen atoms in total. The molecule has 0 aromatic carbocycles. The van der Waals surface area contributed by atoms with Crippen LogP contribution in [0.25, 0.3) is 0 Å². The summed E-state index contributed by atoms with van der Waals surface area (Å²) < 4.78 is 5.47. The Kier molecular flexibility index (Phi) is 59.0. The van der Waals surface area contributed by atoms with E-state index in [-0.39, 0.29) is 18.5 Å². The van der Waals surface area contributed by atoms with Gasteiger partial charge in [0.15, 0.2) is 0 Å². The highest BCUT2D eigenvalue weighted by atomic mass is 16.5. The van der Waals surface area contributed by atoms with Gasteiger partial charge in [-0.25, -0.2) is 0 Å². The number of unbranched alkanes of at least 4 members (excludes halogenated alkanes) is 47. The number of esters is 1. The van der Waals surface area contributed by atoms with Crippen LogP contribution in [0.4, 0.5) is 0 Å². The van der Waals surface area contributed by atoms with Crippen molar-refractivity contribution in [1.82, 2.24) is 5.32 Å². The van der Waals surface area contributed by atoms with Gasteiger partial charge in [0.2, 0.25) is 5.91 Å². The lowest BCUT2D eigenvalue weighted by molar-refractivity contribution is -0.143. The fourth-order valence-electron chi connectivity index (χ4n) is 10.2. The van der Waals surface area contributed by atoms with E-state index < -0.39 is 12.1 Å². The van der Waals surface area contributed by atoms with E-state index in [0.29, 0.717) is 25.9 Å². The zero-order valence-electron chi connectivity index (χ0n) is 47.5. The molecule has 0 radical (unpaired) electrons. The van der Waals surface area contributed by atoms with Gasteiger partial charge in [-0.3, -0.25) is 9.59 Å². The second-order valence-electron chi connectivity index (χ2n) is 22.1. The van der Waals surface area contributed by atoms with E-state index in [1.165, 1.54) is 289 Å². The Morgan fingerprint density at radius 3 is 1.01 bits per heavy atom. The zero-order chi connectivity index (χ0) is 50.7. The van der Waals surface area contributed by atoms with Crippen LogP contribution < -0.4 is 5.32 Å². The van der Waals surface area contributed by atoms with Crippen LogP contribution >= 0.6 is 0 Å². The van der Waals surface area contributed by atoms with Gasteiger partial charge in [0, 0.05) is 12.8 Å². The molecule has 3 N–H and O–H groups in total. The topological polar surface area (TPSA) is 95.9 Å². The van der Waals surface area contributed by atoms with Crippen LogP contribution in [0.2, 0.25) is 0 Å². The zero-order valence-corrected chi connectivity index (χ0v) is 47.5. The van der Waals surface area contributed by atoms with Gasteiger partial charge in [0.05, 0.1) is 25.4 Å². The van der Waals surface area contributed by atoms with Gasteiger partial charge in [-0.15, -0.1) is 0 Å². The number of carbonyl (C=O) groups is 2. The van der Waals surface area contributed by atoms with E-state index >= 15 is 0 Å². The second kappa shape index (κ2) is 60.2. The Hall–Kier alpha value is -1.40. The smallest absolute Gasteiger partial charge is 0.305 e. The van der Waals surface area contributed by atoms with Crippen molar-refractivity contribution < 1.29 is 24.5 Å². The van der Waals surface area contributed by atoms with E-state index in [2.05, 4.69) is 31.3 Å². The van der Waals surface area contributed by atoms with E-state index in [1.807, 2.05) is 0 Å². The fourth-order valence-corrected chi connectivity index (χ4v) is 10.2. The van der Waals surface area contributed by atoms with Crippen LogP contribution in [0.1, 0.15) is 361 Å². The summed E-state index contributed by atoms with van der Waals surface area (Å²) in [7, 11) is 0. The monoisotopic (exact) mass is 988 g/mol. The summed E-state index contributed by atoms with van der Waals surface area (Å²) in [6, 6.07) is -0.546. The third kappa shape index (κ3) is 55.9. The summed E-state index contributed by atoms with van der Waals surface area (Å²) in [5.41, 5.74) is 0. The molecule has 0 aliphatic rings. The molecule has 0 spiro atoms. The first kappa shape index (κ1) is 68.6. The Morgan fingerprint density at radius 2 is 0.671 bits per heavy atom. The molecule has 0 aromatic heterocycles. The first-order valence-electron chi connectivity index (χ1n) is 31.9. The maximum absolute atomic E-state index is 12.5. The maximum atomic E-state index is 12.5. The van der Waals surface area contributed by atoms with E-state index in [4.69, 9.17) is 4.74 Å². The van der Waals surface area contributed by atoms with Gasteiger partial charge < -0.3 is 20.3 Å². The number of hydrogen-bond donors (Lipinski definition) is 3. The normalized spacial score (nSPS) is 12.6. The van der Waals surface area contributed by atoms with Gasteiger partial charge in [-0.05, 0) is 51.4 Å². The number of carbonyl (C=O) groups excluding carboxylic acids is 2. The van der Waals surface area contributed by atoms with Crippen molar-refractivity contribution in [1.29, 1.82) is 0 Å². The van der Waals surface area contributed by atoms with Gasteiger partial charge in [-0.1, -0.05) is 309 Å². The summed E-state index contributed by atoms with van der Waals surface area (Å²) in [6.07, 6.45) is 72.3.